The molecule has 1 saturated heterocycles. The summed E-state index contributed by atoms with van der Waals surface area (Å²) < 4.78 is 7.14. The van der Waals surface area contributed by atoms with E-state index in [9.17, 15) is 9.59 Å². The van der Waals surface area contributed by atoms with Gasteiger partial charge in [-0.15, -0.1) is 0 Å². The summed E-state index contributed by atoms with van der Waals surface area (Å²) >= 11 is 0. The maximum absolute atomic E-state index is 12.8. The fourth-order valence-corrected chi connectivity index (χ4v) is 2.86. The van der Waals surface area contributed by atoms with Gasteiger partial charge in [-0.05, 0) is 37.1 Å². The lowest BCUT2D eigenvalue weighted by Gasteiger charge is -2.33. The average molecular weight is 329 g/mol. The van der Waals surface area contributed by atoms with Gasteiger partial charge in [0.25, 0.3) is 5.91 Å². The van der Waals surface area contributed by atoms with Crippen molar-refractivity contribution in [3.63, 3.8) is 0 Å². The monoisotopic (exact) mass is 329 g/mol. The van der Waals surface area contributed by atoms with E-state index in [2.05, 4.69) is 4.98 Å². The Balaban J connectivity index is 1.79. The number of hydrogen-bond acceptors (Lipinski definition) is 4. The van der Waals surface area contributed by atoms with E-state index in [-0.39, 0.29) is 18.5 Å². The molecular formula is C17H19N3O4. The first kappa shape index (κ1) is 16.2. The first-order valence-corrected chi connectivity index (χ1v) is 7.84. The van der Waals surface area contributed by atoms with Crippen LogP contribution in [0.25, 0.3) is 5.69 Å². The van der Waals surface area contributed by atoms with Crippen molar-refractivity contribution in [3.05, 3.63) is 48.5 Å². The molecule has 0 saturated carbocycles. The first-order valence-electron chi connectivity index (χ1n) is 7.84. The largest absolute Gasteiger partial charge is 0.480 e. The van der Waals surface area contributed by atoms with Crippen LogP contribution in [-0.2, 0) is 9.53 Å². The molecule has 0 unspecified atom stereocenters. The third kappa shape index (κ3) is 3.62. The molecule has 24 heavy (non-hydrogen) atoms. The van der Waals surface area contributed by atoms with Gasteiger partial charge in [0.1, 0.15) is 6.54 Å². The zero-order chi connectivity index (χ0) is 16.9. The zero-order valence-corrected chi connectivity index (χ0v) is 13.2. The summed E-state index contributed by atoms with van der Waals surface area (Å²) in [4.78, 5) is 29.4. The molecule has 1 fully saturated rings. The van der Waals surface area contributed by atoms with Crippen LogP contribution < -0.4 is 0 Å². The van der Waals surface area contributed by atoms with E-state index >= 15 is 0 Å². The summed E-state index contributed by atoms with van der Waals surface area (Å²) in [5.74, 6) is -1.27. The number of hydrogen-bond donors (Lipinski definition) is 1. The van der Waals surface area contributed by atoms with Gasteiger partial charge >= 0.3 is 5.97 Å². The number of aliphatic carboxylic acids is 1. The van der Waals surface area contributed by atoms with Gasteiger partial charge in [0.05, 0.1) is 6.33 Å². The second-order valence-corrected chi connectivity index (χ2v) is 5.69. The van der Waals surface area contributed by atoms with E-state index in [0.717, 1.165) is 5.69 Å². The maximum Gasteiger partial charge on any atom is 0.323 e. The van der Waals surface area contributed by atoms with Crippen LogP contribution >= 0.6 is 0 Å². The Labute approximate surface area is 139 Å². The fraction of sp³-hybridized carbons (Fsp3) is 0.353. The molecule has 0 atom stereocenters. The van der Waals surface area contributed by atoms with E-state index < -0.39 is 5.97 Å². The van der Waals surface area contributed by atoms with Crippen LogP contribution in [0.4, 0.5) is 0 Å². The topological polar surface area (TPSA) is 84.7 Å². The van der Waals surface area contributed by atoms with E-state index in [1.165, 1.54) is 4.90 Å². The summed E-state index contributed by atoms with van der Waals surface area (Å²) in [5.41, 5.74) is 1.37. The van der Waals surface area contributed by atoms with Gasteiger partial charge in [0.15, 0.2) is 0 Å². The molecule has 0 spiro atoms. The highest BCUT2D eigenvalue weighted by molar-refractivity contribution is 5.96. The Bertz CT molecular complexity index is 691. The second kappa shape index (κ2) is 7.27. The number of carbonyl (C=O) groups excluding carboxylic acids is 1. The minimum absolute atomic E-state index is 0.101. The van der Waals surface area contributed by atoms with Gasteiger partial charge in [0.2, 0.25) is 0 Å². The van der Waals surface area contributed by atoms with Gasteiger partial charge in [-0.2, -0.15) is 0 Å². The lowest BCUT2D eigenvalue weighted by atomic mass is 10.0. The first-order chi connectivity index (χ1) is 11.6. The van der Waals surface area contributed by atoms with E-state index in [4.69, 9.17) is 9.84 Å². The predicted octanol–water partition coefficient (Wildman–Crippen LogP) is 1.58. The standard InChI is InChI=1S/C17H19N3O4/c21-16(22)11-20(15-5-9-24-10-6-15)17(23)13-1-3-14(4-2-13)19-8-7-18-12-19/h1-4,7-8,12,15H,5-6,9-11H2,(H,21,22). The van der Waals surface area contributed by atoms with E-state index in [1.54, 1.807) is 24.7 Å². The average Bonchev–Trinajstić information content (AvgIpc) is 3.14. The molecule has 3 rings (SSSR count). The third-order valence-electron chi connectivity index (χ3n) is 4.11. The molecular weight excluding hydrogens is 310 g/mol. The number of carboxylic acid groups (broad SMARTS) is 1. The van der Waals surface area contributed by atoms with Crippen LogP contribution in [0.5, 0.6) is 0 Å². The van der Waals surface area contributed by atoms with Crippen molar-refractivity contribution in [1.29, 1.82) is 0 Å². The number of ether oxygens (including phenoxy) is 1. The second-order valence-electron chi connectivity index (χ2n) is 5.69. The minimum atomic E-state index is -1.01. The Kier molecular flexibility index (Phi) is 4.90. The highest BCUT2D eigenvalue weighted by atomic mass is 16.5. The maximum atomic E-state index is 12.8. The summed E-state index contributed by atoms with van der Waals surface area (Å²) in [6, 6.07) is 6.96. The Hall–Kier alpha value is -2.67. The van der Waals surface area contributed by atoms with Crippen LogP contribution in [0.15, 0.2) is 43.0 Å². The molecule has 1 N–H and O–H groups in total. The molecule has 1 aliphatic heterocycles. The number of benzene rings is 1. The highest BCUT2D eigenvalue weighted by Crippen LogP contribution is 2.18. The third-order valence-corrected chi connectivity index (χ3v) is 4.11. The van der Waals surface area contributed by atoms with Crippen molar-refractivity contribution in [2.24, 2.45) is 0 Å². The number of carboxylic acids is 1. The molecule has 7 heteroatoms. The molecule has 7 nitrogen and oxygen atoms in total. The Morgan fingerprint density at radius 1 is 1.25 bits per heavy atom. The molecule has 1 aromatic carbocycles. The molecule has 0 radical (unpaired) electrons. The van der Waals surface area contributed by atoms with Crippen LogP contribution in [0, 0.1) is 0 Å². The zero-order valence-electron chi connectivity index (χ0n) is 13.2. The summed E-state index contributed by atoms with van der Waals surface area (Å²) in [6.45, 7) is 0.800. The number of aromatic nitrogens is 2. The van der Waals surface area contributed by atoms with E-state index in [1.807, 2.05) is 22.9 Å². The van der Waals surface area contributed by atoms with Gasteiger partial charge in [0, 0.05) is 42.9 Å². The lowest BCUT2D eigenvalue weighted by molar-refractivity contribution is -0.138. The molecule has 1 amide bonds. The number of carbonyl (C=O) groups is 2. The molecule has 126 valence electrons. The van der Waals surface area contributed by atoms with Crippen LogP contribution in [0.1, 0.15) is 23.2 Å². The quantitative estimate of drug-likeness (QED) is 0.900. The summed E-state index contributed by atoms with van der Waals surface area (Å²) in [7, 11) is 0. The number of rotatable bonds is 5. The molecule has 2 aromatic rings. The fourth-order valence-electron chi connectivity index (χ4n) is 2.86. The normalized spacial score (nSPS) is 15.2. The van der Waals surface area contributed by atoms with Crippen molar-refractivity contribution < 1.29 is 19.4 Å². The Morgan fingerprint density at radius 2 is 1.96 bits per heavy atom. The van der Waals surface area contributed by atoms with Gasteiger partial charge in [-0.3, -0.25) is 9.59 Å². The lowest BCUT2D eigenvalue weighted by Crippen LogP contribution is -2.46. The van der Waals surface area contributed by atoms with Crippen molar-refractivity contribution in [2.75, 3.05) is 19.8 Å². The summed E-state index contributed by atoms with van der Waals surface area (Å²) in [6.07, 6.45) is 6.49. The van der Waals surface area contributed by atoms with Crippen LogP contribution in [-0.4, -0.2) is 57.2 Å². The SMILES string of the molecule is O=C(O)CN(C(=O)c1ccc(-n2ccnc2)cc1)C1CCOCC1. The molecule has 1 aliphatic rings. The van der Waals surface area contributed by atoms with Crippen molar-refractivity contribution >= 4 is 11.9 Å². The molecule has 0 bridgehead atoms. The Morgan fingerprint density at radius 3 is 2.54 bits per heavy atom. The van der Waals surface area contributed by atoms with Crippen molar-refractivity contribution in [3.8, 4) is 5.69 Å². The van der Waals surface area contributed by atoms with Crippen molar-refractivity contribution in [1.82, 2.24) is 14.5 Å². The minimum Gasteiger partial charge on any atom is -0.480 e. The molecule has 1 aromatic heterocycles. The van der Waals surface area contributed by atoms with E-state index in [0.29, 0.717) is 31.6 Å². The van der Waals surface area contributed by atoms with Gasteiger partial charge < -0.3 is 19.3 Å². The number of imidazole rings is 1. The smallest absolute Gasteiger partial charge is 0.323 e. The summed E-state index contributed by atoms with van der Waals surface area (Å²) in [5, 5.41) is 9.14. The number of amides is 1. The van der Waals surface area contributed by atoms with Crippen LogP contribution in [0.3, 0.4) is 0 Å². The molecule has 2 heterocycles. The van der Waals surface area contributed by atoms with Crippen molar-refractivity contribution in [2.45, 2.75) is 18.9 Å². The van der Waals surface area contributed by atoms with Gasteiger partial charge in [-0.25, -0.2) is 4.98 Å². The molecule has 0 aliphatic carbocycles. The number of nitrogens with zero attached hydrogens (tertiary/aromatic N) is 3. The van der Waals surface area contributed by atoms with Crippen LogP contribution in [0.2, 0.25) is 0 Å². The predicted molar refractivity (Wildman–Crippen MR) is 86.1 cm³/mol. The highest BCUT2D eigenvalue weighted by Gasteiger charge is 2.28. The van der Waals surface area contributed by atoms with Gasteiger partial charge in [-0.1, -0.05) is 0 Å².